The standard InChI is InChI=1S/C12H18F4O2/c13-11(14)12(15,16)8-18-7-10(17)6-9-4-2-1-3-5-9/h9,11H,1-8H2. The van der Waals surface area contributed by atoms with E-state index in [1.807, 2.05) is 0 Å². The molecule has 0 aliphatic heterocycles. The number of alkyl halides is 4. The highest BCUT2D eigenvalue weighted by Crippen LogP contribution is 2.26. The molecule has 1 rings (SSSR count). The monoisotopic (exact) mass is 270 g/mol. The van der Waals surface area contributed by atoms with Crippen LogP contribution < -0.4 is 0 Å². The maximum Gasteiger partial charge on any atom is 0.330 e. The zero-order valence-electron chi connectivity index (χ0n) is 10.1. The molecular formula is C12H18F4O2. The van der Waals surface area contributed by atoms with Crippen LogP contribution >= 0.6 is 0 Å². The Hall–Kier alpha value is -0.650. The van der Waals surface area contributed by atoms with E-state index in [1.165, 1.54) is 6.42 Å². The Kier molecular flexibility index (Phi) is 6.05. The second-order valence-corrected chi connectivity index (χ2v) is 4.80. The number of carbonyl (C=O) groups is 1. The van der Waals surface area contributed by atoms with Crippen molar-refractivity contribution in [3.8, 4) is 0 Å². The maximum atomic E-state index is 12.5. The van der Waals surface area contributed by atoms with Crippen LogP contribution in [0.2, 0.25) is 0 Å². The van der Waals surface area contributed by atoms with Gasteiger partial charge in [-0.05, 0) is 5.92 Å². The summed E-state index contributed by atoms with van der Waals surface area (Å²) in [5.74, 6) is -4.16. The first-order chi connectivity index (χ1) is 8.42. The van der Waals surface area contributed by atoms with Gasteiger partial charge in [0.05, 0.1) is 0 Å². The Morgan fingerprint density at radius 2 is 1.83 bits per heavy atom. The van der Waals surface area contributed by atoms with E-state index in [0.717, 1.165) is 25.7 Å². The van der Waals surface area contributed by atoms with Gasteiger partial charge in [0.2, 0.25) is 0 Å². The molecule has 0 radical (unpaired) electrons. The number of carbonyl (C=O) groups excluding carboxylic acids is 1. The van der Waals surface area contributed by atoms with Crippen LogP contribution in [-0.4, -0.2) is 31.3 Å². The van der Waals surface area contributed by atoms with Gasteiger partial charge >= 0.3 is 12.3 Å². The number of hydrogen-bond acceptors (Lipinski definition) is 2. The Labute approximate surface area is 104 Å². The quantitative estimate of drug-likeness (QED) is 0.662. The maximum absolute atomic E-state index is 12.5. The third kappa shape index (κ3) is 5.33. The summed E-state index contributed by atoms with van der Waals surface area (Å²) in [6, 6.07) is 0. The molecule has 6 heteroatoms. The Morgan fingerprint density at radius 3 is 2.39 bits per heavy atom. The van der Waals surface area contributed by atoms with Crippen molar-refractivity contribution in [2.24, 2.45) is 5.92 Å². The molecule has 0 amide bonds. The van der Waals surface area contributed by atoms with Crippen LogP contribution in [-0.2, 0) is 9.53 Å². The number of halogens is 4. The summed E-state index contributed by atoms with van der Waals surface area (Å²) in [6.45, 7) is -1.90. The third-order valence-corrected chi connectivity index (χ3v) is 3.12. The minimum absolute atomic E-state index is 0.285. The SMILES string of the molecule is O=C(COCC(F)(F)C(F)F)CC1CCCCC1. The first-order valence-electron chi connectivity index (χ1n) is 6.17. The van der Waals surface area contributed by atoms with E-state index < -0.39 is 25.6 Å². The van der Waals surface area contributed by atoms with Gasteiger partial charge in [-0.2, -0.15) is 8.78 Å². The lowest BCUT2D eigenvalue weighted by atomic mass is 9.86. The van der Waals surface area contributed by atoms with Gasteiger partial charge in [0.15, 0.2) is 5.78 Å². The molecule has 0 aromatic rings. The van der Waals surface area contributed by atoms with Crippen molar-refractivity contribution in [2.45, 2.75) is 50.9 Å². The topological polar surface area (TPSA) is 26.3 Å². The van der Waals surface area contributed by atoms with E-state index in [9.17, 15) is 22.4 Å². The van der Waals surface area contributed by atoms with Crippen molar-refractivity contribution < 1.29 is 27.1 Å². The van der Waals surface area contributed by atoms with E-state index in [1.54, 1.807) is 0 Å². The van der Waals surface area contributed by atoms with E-state index >= 15 is 0 Å². The predicted molar refractivity (Wildman–Crippen MR) is 58.0 cm³/mol. The highest BCUT2D eigenvalue weighted by atomic mass is 19.3. The normalized spacial score (nSPS) is 18.3. The lowest BCUT2D eigenvalue weighted by molar-refractivity contribution is -0.168. The van der Waals surface area contributed by atoms with E-state index in [4.69, 9.17) is 0 Å². The highest BCUT2D eigenvalue weighted by Gasteiger charge is 2.41. The molecule has 0 unspecified atom stereocenters. The van der Waals surface area contributed by atoms with Gasteiger partial charge in [-0.25, -0.2) is 8.78 Å². The van der Waals surface area contributed by atoms with Crippen LogP contribution in [0, 0.1) is 5.92 Å². The summed E-state index contributed by atoms with van der Waals surface area (Å²) in [5.41, 5.74) is 0. The van der Waals surface area contributed by atoms with Crippen LogP contribution in [0.1, 0.15) is 38.5 Å². The largest absolute Gasteiger partial charge is 0.367 e. The fraction of sp³-hybridized carbons (Fsp3) is 0.917. The zero-order valence-corrected chi connectivity index (χ0v) is 10.1. The van der Waals surface area contributed by atoms with Crippen molar-refractivity contribution in [2.75, 3.05) is 13.2 Å². The third-order valence-electron chi connectivity index (χ3n) is 3.12. The molecule has 0 aromatic carbocycles. The molecule has 18 heavy (non-hydrogen) atoms. The van der Waals surface area contributed by atoms with Gasteiger partial charge in [-0.1, -0.05) is 32.1 Å². The summed E-state index contributed by atoms with van der Waals surface area (Å²) in [6.07, 6.45) is 1.83. The lowest BCUT2D eigenvalue weighted by Gasteiger charge is -2.21. The molecule has 1 aliphatic carbocycles. The lowest BCUT2D eigenvalue weighted by Crippen LogP contribution is -2.33. The van der Waals surface area contributed by atoms with Crippen LogP contribution in [0.5, 0.6) is 0 Å². The van der Waals surface area contributed by atoms with Gasteiger partial charge in [-0.3, -0.25) is 4.79 Å². The molecule has 0 heterocycles. The average Bonchev–Trinajstić information content (AvgIpc) is 2.29. The second kappa shape index (κ2) is 7.07. The fourth-order valence-corrected chi connectivity index (χ4v) is 2.14. The molecule has 0 aromatic heterocycles. The van der Waals surface area contributed by atoms with Crippen LogP contribution in [0.25, 0.3) is 0 Å². The summed E-state index contributed by atoms with van der Waals surface area (Å²) < 4.78 is 52.9. The minimum atomic E-state index is -4.18. The average molecular weight is 270 g/mol. The van der Waals surface area contributed by atoms with Gasteiger partial charge in [-0.15, -0.1) is 0 Å². The van der Waals surface area contributed by atoms with Gasteiger partial charge in [0, 0.05) is 6.42 Å². The van der Waals surface area contributed by atoms with Crippen LogP contribution in [0.3, 0.4) is 0 Å². The fourth-order valence-electron chi connectivity index (χ4n) is 2.14. The molecule has 106 valence electrons. The number of ketones is 1. The highest BCUT2D eigenvalue weighted by molar-refractivity contribution is 5.79. The van der Waals surface area contributed by atoms with E-state index in [2.05, 4.69) is 4.74 Å². The number of rotatable bonds is 7. The van der Waals surface area contributed by atoms with Crippen molar-refractivity contribution in [3.05, 3.63) is 0 Å². The molecule has 1 aliphatic rings. The second-order valence-electron chi connectivity index (χ2n) is 4.80. The van der Waals surface area contributed by atoms with Crippen molar-refractivity contribution in [3.63, 3.8) is 0 Å². The molecule has 0 spiro atoms. The summed E-state index contributed by atoms with van der Waals surface area (Å²) in [4.78, 5) is 11.4. The smallest absolute Gasteiger partial charge is 0.330 e. The molecule has 1 saturated carbocycles. The number of hydrogen-bond donors (Lipinski definition) is 0. The summed E-state index contributed by atoms with van der Waals surface area (Å²) >= 11 is 0. The Bertz CT molecular complexity index is 263. The molecule has 0 bridgehead atoms. The first kappa shape index (κ1) is 15.4. The first-order valence-corrected chi connectivity index (χ1v) is 6.17. The van der Waals surface area contributed by atoms with E-state index in [-0.39, 0.29) is 5.78 Å². The zero-order chi connectivity index (χ0) is 13.6. The summed E-state index contributed by atoms with van der Waals surface area (Å²) in [5, 5.41) is 0. The summed E-state index contributed by atoms with van der Waals surface area (Å²) in [7, 11) is 0. The van der Waals surface area contributed by atoms with Crippen molar-refractivity contribution in [1.29, 1.82) is 0 Å². The van der Waals surface area contributed by atoms with Crippen molar-refractivity contribution >= 4 is 5.78 Å². The van der Waals surface area contributed by atoms with Crippen LogP contribution in [0.4, 0.5) is 17.6 Å². The number of Topliss-reactive ketones (excluding diaryl/α,β-unsaturated/α-hetero) is 1. The molecule has 0 N–H and O–H groups in total. The van der Waals surface area contributed by atoms with Crippen LogP contribution in [0.15, 0.2) is 0 Å². The molecule has 0 atom stereocenters. The Morgan fingerprint density at radius 1 is 1.22 bits per heavy atom. The number of ether oxygens (including phenoxy) is 1. The van der Waals surface area contributed by atoms with E-state index in [0.29, 0.717) is 12.3 Å². The van der Waals surface area contributed by atoms with Gasteiger partial charge in [0.1, 0.15) is 13.2 Å². The Balaban J connectivity index is 2.17. The predicted octanol–water partition coefficient (Wildman–Crippen LogP) is 3.44. The molecule has 1 fully saturated rings. The van der Waals surface area contributed by atoms with Gasteiger partial charge < -0.3 is 4.74 Å². The molecular weight excluding hydrogens is 252 g/mol. The van der Waals surface area contributed by atoms with Crippen molar-refractivity contribution in [1.82, 2.24) is 0 Å². The van der Waals surface area contributed by atoms with Gasteiger partial charge in [0.25, 0.3) is 0 Å². The minimum Gasteiger partial charge on any atom is -0.367 e. The molecule has 0 saturated heterocycles. The molecule has 2 nitrogen and oxygen atoms in total.